The lowest BCUT2D eigenvalue weighted by molar-refractivity contribution is 0.0946. The van der Waals surface area contributed by atoms with Crippen LogP contribution in [0.1, 0.15) is 30.5 Å². The lowest BCUT2D eigenvalue weighted by Crippen LogP contribution is -2.43. The van der Waals surface area contributed by atoms with Crippen LogP contribution in [0.3, 0.4) is 0 Å². The fraction of sp³-hybridized carbons (Fsp3) is 0.385. The van der Waals surface area contributed by atoms with Crippen LogP contribution < -0.4 is 16.0 Å². The summed E-state index contributed by atoms with van der Waals surface area (Å²) in [7, 11) is 1.67. The van der Waals surface area contributed by atoms with Crippen molar-refractivity contribution < 1.29 is 18.3 Å². The Morgan fingerprint density at radius 2 is 2.03 bits per heavy atom. The van der Waals surface area contributed by atoms with Crippen molar-refractivity contribution in [3.63, 3.8) is 0 Å². The summed E-state index contributed by atoms with van der Waals surface area (Å²) < 4.78 is 42.7. The quantitative estimate of drug-likeness (QED) is 0.391. The van der Waals surface area contributed by atoms with Crippen LogP contribution >= 0.6 is 11.3 Å². The molecule has 1 fully saturated rings. The van der Waals surface area contributed by atoms with Crippen molar-refractivity contribution >= 4 is 43.3 Å². The fourth-order valence-corrected chi connectivity index (χ4v) is 6.38. The number of nitrogens with one attached hydrogen (secondary N) is 1. The predicted octanol–water partition coefficient (Wildman–Crippen LogP) is 3.87. The molecule has 5 heterocycles. The van der Waals surface area contributed by atoms with E-state index in [9.17, 15) is 9.65 Å². The number of halogens is 2. The number of hydrogen-bond donors (Lipinski definition) is 2. The number of nitrogens with zero attached hydrogens (tertiary/aromatic N) is 5. The van der Waals surface area contributed by atoms with Crippen LogP contribution in [0.2, 0.25) is 0 Å². The Labute approximate surface area is 221 Å². The minimum atomic E-state index is -0.624. The molecule has 1 aromatic carbocycles. The standard InChI is InChI=1S/C26H25F2N7O2S/c1-11(2)33-17-7-35(8-18(17)36-3)26-32-5-13-14-9-37-10-15(14)19(21(28)22(13)34-26)23-20-12(4-29)25(30)38-24(20)16(27)6-31-23/h5-6,11,17-18,33H,7-10,30H2,1-3H3/t17-,18-/m0/s1. The van der Waals surface area contributed by atoms with E-state index in [0.717, 1.165) is 23.1 Å². The van der Waals surface area contributed by atoms with E-state index >= 15 is 4.39 Å². The summed E-state index contributed by atoms with van der Waals surface area (Å²) in [4.78, 5) is 15.5. The van der Waals surface area contributed by atoms with Gasteiger partial charge in [-0.1, -0.05) is 13.8 Å². The van der Waals surface area contributed by atoms with Gasteiger partial charge in [0.05, 0.1) is 47.5 Å². The normalized spacial score (nSPS) is 19.1. The molecule has 38 heavy (non-hydrogen) atoms. The molecule has 3 N–H and O–H groups in total. The van der Waals surface area contributed by atoms with Gasteiger partial charge in [-0.05, 0) is 11.1 Å². The first kappa shape index (κ1) is 24.8. The van der Waals surface area contributed by atoms with Crippen LogP contribution in [0, 0.1) is 23.0 Å². The SMILES string of the molecule is CO[C@H]1CN(c2ncc3c4c(c(-c5ncc(F)c6sc(N)c(C#N)c56)c(F)c3n2)COC4)C[C@@H]1NC(C)C. The molecule has 2 aliphatic heterocycles. The van der Waals surface area contributed by atoms with Gasteiger partial charge >= 0.3 is 0 Å². The van der Waals surface area contributed by atoms with E-state index in [1.165, 1.54) is 0 Å². The van der Waals surface area contributed by atoms with Crippen LogP contribution in [0.5, 0.6) is 0 Å². The number of aromatic nitrogens is 3. The van der Waals surface area contributed by atoms with E-state index in [1.54, 1.807) is 13.3 Å². The number of nitrogens with two attached hydrogens (primary N) is 1. The molecule has 6 rings (SSSR count). The molecule has 0 saturated carbocycles. The third-order valence-corrected chi connectivity index (χ3v) is 8.16. The maximum absolute atomic E-state index is 16.5. The summed E-state index contributed by atoms with van der Waals surface area (Å²) in [6.45, 7) is 5.69. The average molecular weight is 538 g/mol. The van der Waals surface area contributed by atoms with E-state index in [1.807, 2.05) is 11.0 Å². The van der Waals surface area contributed by atoms with Gasteiger partial charge in [-0.25, -0.2) is 18.7 Å². The summed E-state index contributed by atoms with van der Waals surface area (Å²) in [5.74, 6) is -0.862. The van der Waals surface area contributed by atoms with Crippen LogP contribution in [0.15, 0.2) is 12.4 Å². The molecule has 0 radical (unpaired) electrons. The van der Waals surface area contributed by atoms with Crippen LogP contribution in [-0.4, -0.2) is 53.3 Å². The number of fused-ring (bicyclic) bond motifs is 4. The Kier molecular flexibility index (Phi) is 6.11. The summed E-state index contributed by atoms with van der Waals surface area (Å²) >= 11 is 0.944. The van der Waals surface area contributed by atoms with Gasteiger partial charge in [-0.2, -0.15) is 5.26 Å². The maximum atomic E-state index is 16.5. The van der Waals surface area contributed by atoms with Crippen LogP contribution in [-0.2, 0) is 22.7 Å². The molecule has 3 aromatic heterocycles. The zero-order valence-corrected chi connectivity index (χ0v) is 21.8. The first-order valence-corrected chi connectivity index (χ1v) is 13.0. The average Bonchev–Trinajstić information content (AvgIpc) is 3.62. The zero-order chi connectivity index (χ0) is 26.7. The molecule has 4 aromatic rings. The highest BCUT2D eigenvalue weighted by atomic mass is 32.1. The lowest BCUT2D eigenvalue weighted by Gasteiger charge is -2.20. The molecule has 2 atom stereocenters. The zero-order valence-electron chi connectivity index (χ0n) is 21.0. The van der Waals surface area contributed by atoms with Gasteiger partial charge in [0.25, 0.3) is 0 Å². The van der Waals surface area contributed by atoms with E-state index in [4.69, 9.17) is 15.2 Å². The van der Waals surface area contributed by atoms with Crippen LogP contribution in [0.4, 0.5) is 19.7 Å². The smallest absolute Gasteiger partial charge is 0.226 e. The van der Waals surface area contributed by atoms with Crippen molar-refractivity contribution in [1.29, 1.82) is 5.26 Å². The van der Waals surface area contributed by atoms with Gasteiger partial charge < -0.3 is 25.4 Å². The summed E-state index contributed by atoms with van der Waals surface area (Å²) in [5.41, 5.74) is 7.83. The molecule has 0 unspecified atom stereocenters. The van der Waals surface area contributed by atoms with E-state index in [2.05, 4.69) is 34.1 Å². The highest BCUT2D eigenvalue weighted by Crippen LogP contribution is 2.45. The van der Waals surface area contributed by atoms with Crippen molar-refractivity contribution in [2.45, 2.75) is 45.2 Å². The number of hydrogen-bond acceptors (Lipinski definition) is 10. The van der Waals surface area contributed by atoms with Crippen molar-refractivity contribution in [2.24, 2.45) is 0 Å². The van der Waals surface area contributed by atoms with Crippen molar-refractivity contribution in [2.75, 3.05) is 30.8 Å². The summed E-state index contributed by atoms with van der Waals surface area (Å²) in [5, 5.41) is 14.1. The van der Waals surface area contributed by atoms with E-state index < -0.39 is 11.6 Å². The van der Waals surface area contributed by atoms with Crippen LogP contribution in [0.25, 0.3) is 32.2 Å². The number of benzene rings is 1. The minimum absolute atomic E-state index is 0.0678. The number of nitrogen functional groups attached to an aromatic ring is 1. The van der Waals surface area contributed by atoms with Crippen molar-refractivity contribution in [3.8, 4) is 17.3 Å². The van der Waals surface area contributed by atoms with Gasteiger partial charge in [-0.3, -0.25) is 4.98 Å². The number of nitriles is 1. The molecule has 0 spiro atoms. The molecule has 0 amide bonds. The molecule has 196 valence electrons. The molecule has 0 aliphatic carbocycles. The largest absolute Gasteiger partial charge is 0.389 e. The number of methoxy groups -OCH3 is 1. The third-order valence-electron chi connectivity index (χ3n) is 7.13. The predicted molar refractivity (Wildman–Crippen MR) is 141 cm³/mol. The number of anilines is 2. The topological polar surface area (TPSA) is 122 Å². The van der Waals surface area contributed by atoms with Gasteiger partial charge in [0.1, 0.15) is 16.6 Å². The Morgan fingerprint density at radius 1 is 1.24 bits per heavy atom. The molecule has 1 saturated heterocycles. The summed E-state index contributed by atoms with van der Waals surface area (Å²) in [6, 6.07) is 2.36. The molecular formula is C26H25F2N7O2S. The van der Waals surface area contributed by atoms with Gasteiger partial charge in [0, 0.05) is 48.8 Å². The number of rotatable bonds is 5. The molecule has 12 heteroatoms. The summed E-state index contributed by atoms with van der Waals surface area (Å²) in [6.07, 6.45) is 2.58. The van der Waals surface area contributed by atoms with Crippen molar-refractivity contribution in [1.82, 2.24) is 20.3 Å². The lowest BCUT2D eigenvalue weighted by atomic mass is 9.94. The molecule has 2 aliphatic rings. The minimum Gasteiger partial charge on any atom is -0.389 e. The first-order chi connectivity index (χ1) is 18.3. The third kappa shape index (κ3) is 3.77. The van der Waals surface area contributed by atoms with Gasteiger partial charge in [0.2, 0.25) is 5.95 Å². The highest BCUT2D eigenvalue weighted by molar-refractivity contribution is 7.23. The fourth-order valence-electron chi connectivity index (χ4n) is 5.46. The Morgan fingerprint density at radius 3 is 2.76 bits per heavy atom. The Bertz CT molecular complexity index is 1630. The monoisotopic (exact) mass is 537 g/mol. The highest BCUT2D eigenvalue weighted by Gasteiger charge is 2.35. The van der Waals surface area contributed by atoms with Gasteiger partial charge in [-0.15, -0.1) is 11.3 Å². The number of ether oxygens (including phenoxy) is 2. The second-order valence-electron chi connectivity index (χ2n) is 9.79. The Hall–Kier alpha value is -3.50. The molecule has 9 nitrogen and oxygen atoms in total. The molecular weight excluding hydrogens is 512 g/mol. The number of pyridine rings is 1. The second-order valence-corrected chi connectivity index (χ2v) is 10.8. The first-order valence-electron chi connectivity index (χ1n) is 12.2. The maximum Gasteiger partial charge on any atom is 0.226 e. The molecule has 0 bridgehead atoms. The Balaban J connectivity index is 1.54. The van der Waals surface area contributed by atoms with E-state index in [-0.39, 0.29) is 68.8 Å². The van der Waals surface area contributed by atoms with E-state index in [0.29, 0.717) is 30.0 Å². The number of thiophene rings is 1. The van der Waals surface area contributed by atoms with Gasteiger partial charge in [0.15, 0.2) is 11.6 Å². The second kappa shape index (κ2) is 9.36. The van der Waals surface area contributed by atoms with Crippen molar-refractivity contribution in [3.05, 3.63) is 40.7 Å².